The van der Waals surface area contributed by atoms with E-state index in [0.717, 1.165) is 43.4 Å². The van der Waals surface area contributed by atoms with Gasteiger partial charge in [-0.15, -0.1) is 35.3 Å². The van der Waals surface area contributed by atoms with Crippen LogP contribution in [0, 0.1) is 0 Å². The van der Waals surface area contributed by atoms with Crippen LogP contribution in [0.5, 0.6) is 0 Å². The van der Waals surface area contributed by atoms with Crippen LogP contribution in [0.15, 0.2) is 59.6 Å². The number of nitrogens with zero attached hydrogens (tertiary/aromatic N) is 2. The summed E-state index contributed by atoms with van der Waals surface area (Å²) < 4.78 is 1.20. The monoisotopic (exact) mass is 536 g/mol. The van der Waals surface area contributed by atoms with Crippen LogP contribution in [0.3, 0.4) is 0 Å². The first-order chi connectivity index (χ1) is 14.2. The van der Waals surface area contributed by atoms with E-state index >= 15 is 0 Å². The first-order valence-corrected chi connectivity index (χ1v) is 10.9. The number of halogens is 1. The zero-order valence-corrected chi connectivity index (χ0v) is 20.3. The highest BCUT2D eigenvalue weighted by Crippen LogP contribution is 2.29. The Hall–Kier alpha value is -1.68. The minimum atomic E-state index is -0.551. The van der Waals surface area contributed by atoms with E-state index in [4.69, 9.17) is 0 Å². The minimum Gasteiger partial charge on any atom is -0.386 e. The van der Waals surface area contributed by atoms with Gasteiger partial charge in [0.1, 0.15) is 6.10 Å². The molecule has 0 spiro atoms. The average molecular weight is 536 g/mol. The number of nitrogens with one attached hydrogen (secondary N) is 2. The van der Waals surface area contributed by atoms with Gasteiger partial charge in [0.05, 0.1) is 0 Å². The number of rotatable bonds is 6. The first kappa shape index (κ1) is 23.0. The van der Waals surface area contributed by atoms with E-state index in [1.165, 1.54) is 21.2 Å². The number of aliphatic hydroxyl groups excluding tert-OH is 1. The summed E-state index contributed by atoms with van der Waals surface area (Å²) in [6, 6.07) is 19.0. The fourth-order valence-electron chi connectivity index (χ4n) is 3.76. The van der Waals surface area contributed by atoms with Gasteiger partial charge in [0.15, 0.2) is 5.96 Å². The molecule has 4 rings (SSSR count). The highest BCUT2D eigenvalue weighted by molar-refractivity contribution is 14.0. The van der Waals surface area contributed by atoms with E-state index in [9.17, 15) is 5.11 Å². The van der Waals surface area contributed by atoms with E-state index in [1.54, 1.807) is 18.4 Å². The summed E-state index contributed by atoms with van der Waals surface area (Å²) in [5.74, 6) is 0.725. The number of aliphatic imine (C=N–C) groups is 1. The summed E-state index contributed by atoms with van der Waals surface area (Å²) in [6.45, 7) is 4.32. The molecular weight excluding hydrogens is 507 g/mol. The van der Waals surface area contributed by atoms with Crippen molar-refractivity contribution in [3.05, 3.63) is 70.6 Å². The fraction of sp³-hybridized carbons (Fsp3) is 0.348. The molecule has 2 aromatic carbocycles. The Morgan fingerprint density at radius 3 is 2.70 bits per heavy atom. The first-order valence-electron chi connectivity index (χ1n) is 10.1. The van der Waals surface area contributed by atoms with Crippen molar-refractivity contribution in [1.82, 2.24) is 15.5 Å². The molecule has 2 heterocycles. The van der Waals surface area contributed by atoms with Crippen LogP contribution >= 0.6 is 35.3 Å². The summed E-state index contributed by atoms with van der Waals surface area (Å²) >= 11 is 1.64. The highest BCUT2D eigenvalue weighted by atomic mass is 127. The molecule has 1 unspecified atom stereocenters. The number of thiophene rings is 1. The minimum absolute atomic E-state index is 0. The third-order valence-electron chi connectivity index (χ3n) is 5.39. The Morgan fingerprint density at radius 2 is 1.90 bits per heavy atom. The van der Waals surface area contributed by atoms with Crippen molar-refractivity contribution < 1.29 is 5.11 Å². The third kappa shape index (κ3) is 5.72. The number of benzene rings is 2. The van der Waals surface area contributed by atoms with Crippen molar-refractivity contribution in [1.29, 1.82) is 0 Å². The van der Waals surface area contributed by atoms with Crippen LogP contribution in [0.4, 0.5) is 0 Å². The Labute approximate surface area is 199 Å². The maximum atomic E-state index is 10.5. The van der Waals surface area contributed by atoms with E-state index in [0.29, 0.717) is 6.54 Å². The van der Waals surface area contributed by atoms with Crippen LogP contribution in [0.2, 0.25) is 0 Å². The smallest absolute Gasteiger partial charge is 0.191 e. The number of aliphatic hydroxyl groups is 1. The zero-order chi connectivity index (χ0) is 20.1. The summed E-state index contributed by atoms with van der Waals surface area (Å²) in [7, 11) is 1.76. The second kappa shape index (κ2) is 11.1. The molecule has 0 fully saturated rings. The fourth-order valence-corrected chi connectivity index (χ4v) is 4.81. The largest absolute Gasteiger partial charge is 0.386 e. The Kier molecular flexibility index (Phi) is 8.50. The summed E-state index contributed by atoms with van der Waals surface area (Å²) in [5, 5.41) is 18.3. The molecule has 3 N–H and O–H groups in total. The molecule has 3 aromatic rings. The van der Waals surface area contributed by atoms with Crippen molar-refractivity contribution >= 4 is 51.4 Å². The topological polar surface area (TPSA) is 59.9 Å². The molecule has 0 radical (unpaired) electrons. The average Bonchev–Trinajstić information content (AvgIpc) is 3.20. The van der Waals surface area contributed by atoms with Crippen LogP contribution in [0.1, 0.15) is 22.1 Å². The van der Waals surface area contributed by atoms with Crippen molar-refractivity contribution in [2.24, 2.45) is 4.99 Å². The molecule has 160 valence electrons. The van der Waals surface area contributed by atoms with Gasteiger partial charge in [-0.3, -0.25) is 9.89 Å². The normalized spacial score (nSPS) is 15.3. The Balaban J connectivity index is 0.00000256. The molecule has 0 saturated heterocycles. The lowest BCUT2D eigenvalue weighted by Gasteiger charge is -2.28. The van der Waals surface area contributed by atoms with Gasteiger partial charge < -0.3 is 15.7 Å². The van der Waals surface area contributed by atoms with Gasteiger partial charge in [-0.2, -0.15) is 0 Å². The Morgan fingerprint density at radius 1 is 1.13 bits per heavy atom. The summed E-state index contributed by atoms with van der Waals surface area (Å²) in [6.07, 6.45) is 0.564. The molecule has 5 nitrogen and oxygen atoms in total. The third-order valence-corrected chi connectivity index (χ3v) is 6.61. The number of hydrogen-bond acceptors (Lipinski definition) is 4. The number of fused-ring (bicyclic) bond motifs is 2. The maximum absolute atomic E-state index is 10.5. The van der Waals surface area contributed by atoms with Crippen molar-refractivity contribution in [3.63, 3.8) is 0 Å². The predicted octanol–water partition coefficient (Wildman–Crippen LogP) is 3.78. The van der Waals surface area contributed by atoms with Crippen LogP contribution in [-0.4, -0.2) is 49.2 Å². The van der Waals surface area contributed by atoms with Gasteiger partial charge in [0.25, 0.3) is 0 Å². The quantitative estimate of drug-likeness (QED) is 0.255. The standard InChI is InChI=1S/C23H28N4OS.HI/c1-24-23(25-11-13-27-12-10-17-6-2-3-8-19(17)16-27)26-15-20(28)22-14-18-7-4-5-9-21(18)29-22;/h2-9,14,20,28H,10-13,15-16H2,1H3,(H2,24,25,26);1H. The molecule has 0 amide bonds. The van der Waals surface area contributed by atoms with Gasteiger partial charge in [0.2, 0.25) is 0 Å². The lowest BCUT2D eigenvalue weighted by molar-refractivity contribution is 0.184. The van der Waals surface area contributed by atoms with Gasteiger partial charge in [-0.1, -0.05) is 42.5 Å². The van der Waals surface area contributed by atoms with Crippen molar-refractivity contribution in [3.8, 4) is 0 Å². The molecule has 0 saturated carbocycles. The van der Waals surface area contributed by atoms with Crippen LogP contribution < -0.4 is 10.6 Å². The lowest BCUT2D eigenvalue weighted by atomic mass is 10.00. The number of guanidine groups is 1. The molecule has 1 aromatic heterocycles. The molecule has 7 heteroatoms. The number of hydrogen-bond donors (Lipinski definition) is 3. The lowest BCUT2D eigenvalue weighted by Crippen LogP contribution is -2.43. The van der Waals surface area contributed by atoms with E-state index in [2.05, 4.69) is 63.0 Å². The molecule has 1 atom stereocenters. The van der Waals surface area contributed by atoms with E-state index < -0.39 is 6.10 Å². The molecule has 0 aliphatic carbocycles. The molecular formula is C23H29IN4OS. The second-order valence-corrected chi connectivity index (χ2v) is 8.49. The van der Waals surface area contributed by atoms with E-state index in [-0.39, 0.29) is 24.0 Å². The molecule has 0 bridgehead atoms. The van der Waals surface area contributed by atoms with Crippen LogP contribution in [0.25, 0.3) is 10.1 Å². The van der Waals surface area contributed by atoms with Crippen molar-refractivity contribution in [2.75, 3.05) is 33.2 Å². The zero-order valence-electron chi connectivity index (χ0n) is 17.2. The Bertz CT molecular complexity index is 957. The van der Waals surface area contributed by atoms with Gasteiger partial charge >= 0.3 is 0 Å². The van der Waals surface area contributed by atoms with Crippen molar-refractivity contribution in [2.45, 2.75) is 19.1 Å². The second-order valence-electron chi connectivity index (χ2n) is 7.38. The SMILES string of the molecule is CN=C(NCCN1CCc2ccccc2C1)NCC(O)c1cc2ccccc2s1.I. The van der Waals surface area contributed by atoms with Gasteiger partial charge in [-0.25, -0.2) is 0 Å². The van der Waals surface area contributed by atoms with Crippen LogP contribution in [-0.2, 0) is 13.0 Å². The molecule has 1 aliphatic heterocycles. The molecule has 1 aliphatic rings. The molecule has 30 heavy (non-hydrogen) atoms. The predicted molar refractivity (Wildman–Crippen MR) is 137 cm³/mol. The maximum Gasteiger partial charge on any atom is 0.191 e. The summed E-state index contributed by atoms with van der Waals surface area (Å²) in [5.41, 5.74) is 2.91. The van der Waals surface area contributed by atoms with Gasteiger partial charge in [-0.05, 0) is 35.1 Å². The highest BCUT2D eigenvalue weighted by Gasteiger charge is 2.15. The van der Waals surface area contributed by atoms with E-state index in [1.807, 2.05) is 12.1 Å². The summed E-state index contributed by atoms with van der Waals surface area (Å²) in [4.78, 5) is 7.72. The van der Waals surface area contributed by atoms with Gasteiger partial charge in [0, 0.05) is 49.3 Å².